The maximum absolute atomic E-state index is 12.5. The van der Waals surface area contributed by atoms with Crippen molar-refractivity contribution in [2.75, 3.05) is 18.4 Å². The van der Waals surface area contributed by atoms with Crippen molar-refractivity contribution in [3.05, 3.63) is 76.5 Å². The van der Waals surface area contributed by atoms with Crippen molar-refractivity contribution in [2.45, 2.75) is 13.3 Å². The SMILES string of the molecule is CC1CN(C(=O)Nc2cccnn2)CC/C1=C\c1cccc(Oc2ccc(Br)cn2)c1. The highest BCUT2D eigenvalue weighted by Crippen LogP contribution is 2.27. The van der Waals surface area contributed by atoms with Gasteiger partial charge in [0.1, 0.15) is 5.75 Å². The van der Waals surface area contributed by atoms with Crippen molar-refractivity contribution in [1.29, 1.82) is 0 Å². The number of ether oxygens (including phenoxy) is 1. The first-order valence-corrected chi connectivity index (χ1v) is 10.8. The monoisotopic (exact) mass is 479 g/mol. The van der Waals surface area contributed by atoms with Gasteiger partial charge in [0, 0.05) is 36.0 Å². The zero-order chi connectivity index (χ0) is 21.6. The van der Waals surface area contributed by atoms with E-state index < -0.39 is 0 Å². The Morgan fingerprint density at radius 1 is 1.26 bits per heavy atom. The third-order valence-electron chi connectivity index (χ3n) is 5.02. The molecule has 31 heavy (non-hydrogen) atoms. The second kappa shape index (κ2) is 9.70. The summed E-state index contributed by atoms with van der Waals surface area (Å²) in [6, 6.07) is 15.0. The Kier molecular flexibility index (Phi) is 6.57. The molecule has 1 unspecified atom stereocenters. The summed E-state index contributed by atoms with van der Waals surface area (Å²) in [5, 5.41) is 10.5. The number of carbonyl (C=O) groups is 1. The fourth-order valence-electron chi connectivity index (χ4n) is 3.43. The summed E-state index contributed by atoms with van der Waals surface area (Å²) in [5.41, 5.74) is 2.37. The fourth-order valence-corrected chi connectivity index (χ4v) is 3.67. The highest BCUT2D eigenvalue weighted by molar-refractivity contribution is 9.10. The van der Waals surface area contributed by atoms with Crippen LogP contribution in [0.25, 0.3) is 6.08 Å². The van der Waals surface area contributed by atoms with Gasteiger partial charge in [0.15, 0.2) is 5.82 Å². The molecule has 1 aromatic carbocycles. The summed E-state index contributed by atoms with van der Waals surface area (Å²) in [7, 11) is 0. The van der Waals surface area contributed by atoms with E-state index in [1.807, 2.05) is 35.2 Å². The molecule has 3 heterocycles. The number of pyridine rings is 1. The van der Waals surface area contributed by atoms with E-state index in [0.717, 1.165) is 22.2 Å². The third kappa shape index (κ3) is 5.67. The zero-order valence-electron chi connectivity index (χ0n) is 17.0. The van der Waals surface area contributed by atoms with Gasteiger partial charge < -0.3 is 9.64 Å². The third-order valence-corrected chi connectivity index (χ3v) is 5.49. The second-order valence-corrected chi connectivity index (χ2v) is 8.26. The van der Waals surface area contributed by atoms with Crippen molar-refractivity contribution in [3.8, 4) is 11.6 Å². The topological polar surface area (TPSA) is 80.2 Å². The van der Waals surface area contributed by atoms with Gasteiger partial charge in [0.25, 0.3) is 0 Å². The second-order valence-electron chi connectivity index (χ2n) is 7.34. The first kappa shape index (κ1) is 21.0. The minimum Gasteiger partial charge on any atom is -0.439 e. The van der Waals surface area contributed by atoms with Crippen LogP contribution in [0.1, 0.15) is 18.9 Å². The summed E-state index contributed by atoms with van der Waals surface area (Å²) in [6.07, 6.45) is 6.28. The van der Waals surface area contributed by atoms with Gasteiger partial charge >= 0.3 is 6.03 Å². The van der Waals surface area contributed by atoms with Gasteiger partial charge in [-0.3, -0.25) is 5.32 Å². The van der Waals surface area contributed by atoms with Crippen LogP contribution in [0.4, 0.5) is 10.6 Å². The number of rotatable bonds is 4. The number of hydrogen-bond acceptors (Lipinski definition) is 5. The lowest BCUT2D eigenvalue weighted by atomic mass is 9.91. The van der Waals surface area contributed by atoms with Crippen LogP contribution >= 0.6 is 15.9 Å². The van der Waals surface area contributed by atoms with E-state index in [1.165, 1.54) is 5.57 Å². The molecule has 8 heteroatoms. The molecule has 1 saturated heterocycles. The lowest BCUT2D eigenvalue weighted by Gasteiger charge is -2.33. The van der Waals surface area contributed by atoms with E-state index in [0.29, 0.717) is 24.8 Å². The largest absolute Gasteiger partial charge is 0.439 e. The van der Waals surface area contributed by atoms with E-state index in [9.17, 15) is 4.79 Å². The Hall–Kier alpha value is -3.26. The van der Waals surface area contributed by atoms with Crippen LogP contribution < -0.4 is 10.1 Å². The molecule has 0 bridgehead atoms. The van der Waals surface area contributed by atoms with Crippen molar-refractivity contribution in [3.63, 3.8) is 0 Å². The van der Waals surface area contributed by atoms with Crippen LogP contribution in [-0.2, 0) is 0 Å². The number of benzene rings is 1. The smallest absolute Gasteiger partial charge is 0.323 e. The van der Waals surface area contributed by atoms with Crippen molar-refractivity contribution < 1.29 is 9.53 Å². The van der Waals surface area contributed by atoms with Crippen LogP contribution in [0.3, 0.4) is 0 Å². The molecule has 1 fully saturated rings. The molecule has 0 aliphatic carbocycles. The first-order valence-electron chi connectivity index (χ1n) is 10.0. The van der Waals surface area contributed by atoms with Crippen LogP contribution in [0.2, 0.25) is 0 Å². The number of piperidine rings is 1. The van der Waals surface area contributed by atoms with Crippen LogP contribution in [0, 0.1) is 5.92 Å². The number of hydrogen-bond donors (Lipinski definition) is 1. The Labute approximate surface area is 189 Å². The normalized spacial score (nSPS) is 17.4. The molecule has 2 aromatic heterocycles. The maximum Gasteiger partial charge on any atom is 0.323 e. The number of carbonyl (C=O) groups excluding carboxylic acids is 1. The quantitative estimate of drug-likeness (QED) is 0.542. The first-order chi connectivity index (χ1) is 15.1. The van der Waals surface area contributed by atoms with Crippen molar-refractivity contribution in [2.24, 2.45) is 5.92 Å². The minimum atomic E-state index is -0.149. The molecule has 0 radical (unpaired) electrons. The average molecular weight is 480 g/mol. The number of nitrogens with zero attached hydrogens (tertiary/aromatic N) is 4. The number of likely N-dealkylation sites (tertiary alicyclic amines) is 1. The van der Waals surface area contributed by atoms with E-state index in [4.69, 9.17) is 4.74 Å². The lowest BCUT2D eigenvalue weighted by Crippen LogP contribution is -2.42. The van der Waals surface area contributed by atoms with Gasteiger partial charge in [-0.25, -0.2) is 9.78 Å². The number of aromatic nitrogens is 3. The Balaban J connectivity index is 1.39. The number of nitrogens with one attached hydrogen (secondary N) is 1. The standard InChI is InChI=1S/C23H22BrN5O2/c1-16-15-29(23(30)27-21-6-3-10-26-28-21)11-9-18(16)12-17-4-2-5-20(13-17)31-22-8-7-19(24)14-25-22/h2-8,10,12-14,16H,9,11,15H2,1H3,(H,27,28,30)/b18-12+. The number of halogens is 1. The highest BCUT2D eigenvalue weighted by atomic mass is 79.9. The van der Waals surface area contributed by atoms with Gasteiger partial charge in [-0.1, -0.05) is 30.7 Å². The van der Waals surface area contributed by atoms with Gasteiger partial charge in [-0.05, 0) is 64.2 Å². The molecule has 1 N–H and O–H groups in total. The maximum atomic E-state index is 12.5. The van der Waals surface area contributed by atoms with E-state index in [-0.39, 0.29) is 11.9 Å². The van der Waals surface area contributed by atoms with Crippen LogP contribution in [-0.4, -0.2) is 39.2 Å². The van der Waals surface area contributed by atoms with Crippen LogP contribution in [0.5, 0.6) is 11.6 Å². The molecule has 0 spiro atoms. The van der Waals surface area contributed by atoms with E-state index in [2.05, 4.69) is 55.5 Å². The predicted molar refractivity (Wildman–Crippen MR) is 123 cm³/mol. The number of amides is 2. The predicted octanol–water partition coefficient (Wildman–Crippen LogP) is 5.38. The van der Waals surface area contributed by atoms with Gasteiger partial charge in [-0.2, -0.15) is 5.10 Å². The lowest BCUT2D eigenvalue weighted by molar-refractivity contribution is 0.197. The minimum absolute atomic E-state index is 0.149. The number of urea groups is 1. The summed E-state index contributed by atoms with van der Waals surface area (Å²) in [5.74, 6) is 1.99. The van der Waals surface area contributed by atoms with Crippen molar-refractivity contribution in [1.82, 2.24) is 20.1 Å². The zero-order valence-corrected chi connectivity index (χ0v) is 18.6. The average Bonchev–Trinajstić information content (AvgIpc) is 2.78. The van der Waals surface area contributed by atoms with Gasteiger partial charge in [0.05, 0.1) is 0 Å². The van der Waals surface area contributed by atoms with Gasteiger partial charge in [0.2, 0.25) is 5.88 Å². The van der Waals surface area contributed by atoms with E-state index >= 15 is 0 Å². The molecule has 7 nitrogen and oxygen atoms in total. The Morgan fingerprint density at radius 3 is 2.90 bits per heavy atom. The van der Waals surface area contributed by atoms with Crippen molar-refractivity contribution >= 4 is 33.9 Å². The van der Waals surface area contributed by atoms with Crippen LogP contribution in [0.15, 0.2) is 71.0 Å². The molecule has 1 aliphatic heterocycles. The molecular formula is C23H22BrN5O2. The molecule has 4 rings (SSSR count). The summed E-state index contributed by atoms with van der Waals surface area (Å²) < 4.78 is 6.77. The summed E-state index contributed by atoms with van der Waals surface area (Å²) >= 11 is 3.37. The Morgan fingerprint density at radius 2 is 2.16 bits per heavy atom. The molecule has 3 aromatic rings. The molecule has 2 amide bonds. The van der Waals surface area contributed by atoms with E-state index in [1.54, 1.807) is 24.5 Å². The molecule has 1 atom stereocenters. The van der Waals surface area contributed by atoms with Gasteiger partial charge in [-0.15, -0.1) is 5.10 Å². The fraction of sp³-hybridized carbons (Fsp3) is 0.217. The summed E-state index contributed by atoms with van der Waals surface area (Å²) in [4.78, 5) is 18.6. The molecule has 1 aliphatic rings. The Bertz CT molecular complexity index is 1070. The molecule has 0 saturated carbocycles. The molecular weight excluding hydrogens is 458 g/mol. The number of anilines is 1. The molecule has 158 valence electrons. The summed E-state index contributed by atoms with van der Waals surface area (Å²) in [6.45, 7) is 3.44. The highest BCUT2D eigenvalue weighted by Gasteiger charge is 2.24.